The molecule has 1 heterocycles. The number of amides is 1. The lowest BCUT2D eigenvalue weighted by molar-refractivity contribution is 0.0600. The van der Waals surface area contributed by atoms with E-state index in [0.29, 0.717) is 17.0 Å². The van der Waals surface area contributed by atoms with Gasteiger partial charge in [-0.3, -0.25) is 4.79 Å². The van der Waals surface area contributed by atoms with Crippen LogP contribution >= 0.6 is 0 Å². The molecule has 2 aromatic carbocycles. The van der Waals surface area contributed by atoms with E-state index in [1.165, 1.54) is 7.11 Å². The van der Waals surface area contributed by atoms with Gasteiger partial charge in [-0.2, -0.15) is 0 Å². The van der Waals surface area contributed by atoms with Crippen LogP contribution in [0.5, 0.6) is 5.75 Å². The van der Waals surface area contributed by atoms with Gasteiger partial charge in [-0.25, -0.2) is 9.78 Å². The number of nitrogens with zero attached hydrogens (tertiary/aromatic N) is 1. The molecule has 0 radical (unpaired) electrons. The molecular weight excluding hydrogens is 370 g/mol. The topological polar surface area (TPSA) is 89.5 Å². The van der Waals surface area contributed by atoms with E-state index in [9.17, 15) is 9.59 Å². The van der Waals surface area contributed by atoms with E-state index in [1.54, 1.807) is 49.7 Å². The van der Waals surface area contributed by atoms with Crippen LogP contribution in [0.3, 0.4) is 0 Å². The summed E-state index contributed by atoms with van der Waals surface area (Å²) in [6.07, 6.45) is 1.58. The fourth-order valence-electron chi connectivity index (χ4n) is 2.68. The van der Waals surface area contributed by atoms with Crippen molar-refractivity contribution in [3.63, 3.8) is 0 Å². The average molecular weight is 391 g/mol. The van der Waals surface area contributed by atoms with Gasteiger partial charge in [0.15, 0.2) is 0 Å². The number of methoxy groups -OCH3 is 2. The number of aromatic nitrogens is 1. The summed E-state index contributed by atoms with van der Waals surface area (Å²) < 4.78 is 10.0. The number of esters is 1. The number of carbonyl (C=O) groups is 2. The molecule has 0 spiro atoms. The predicted octanol–water partition coefficient (Wildman–Crippen LogP) is 4.18. The number of anilines is 3. The van der Waals surface area contributed by atoms with Crippen molar-refractivity contribution in [2.24, 2.45) is 0 Å². The minimum absolute atomic E-state index is 0.267. The van der Waals surface area contributed by atoms with Gasteiger partial charge < -0.3 is 20.1 Å². The van der Waals surface area contributed by atoms with Crippen LogP contribution in [0.2, 0.25) is 0 Å². The summed E-state index contributed by atoms with van der Waals surface area (Å²) in [5.41, 5.74) is 3.87. The van der Waals surface area contributed by atoms with Crippen LogP contribution in [-0.2, 0) is 4.74 Å². The average Bonchev–Trinajstić information content (AvgIpc) is 2.74. The van der Waals surface area contributed by atoms with Crippen molar-refractivity contribution in [3.05, 3.63) is 77.6 Å². The Morgan fingerprint density at radius 2 is 1.66 bits per heavy atom. The molecule has 3 rings (SSSR count). The Morgan fingerprint density at radius 3 is 2.28 bits per heavy atom. The monoisotopic (exact) mass is 391 g/mol. The first-order valence-electron chi connectivity index (χ1n) is 8.87. The maximum Gasteiger partial charge on any atom is 0.337 e. The molecule has 0 fully saturated rings. The van der Waals surface area contributed by atoms with E-state index in [1.807, 2.05) is 25.1 Å². The second kappa shape index (κ2) is 8.88. The molecule has 7 heteroatoms. The van der Waals surface area contributed by atoms with E-state index in [4.69, 9.17) is 4.74 Å². The summed E-state index contributed by atoms with van der Waals surface area (Å²) >= 11 is 0. The predicted molar refractivity (Wildman–Crippen MR) is 111 cm³/mol. The number of ether oxygens (including phenoxy) is 2. The van der Waals surface area contributed by atoms with Crippen molar-refractivity contribution < 1.29 is 19.1 Å². The van der Waals surface area contributed by atoms with Gasteiger partial charge in [-0.15, -0.1) is 0 Å². The highest BCUT2D eigenvalue weighted by molar-refractivity contribution is 6.03. The highest BCUT2D eigenvalue weighted by Crippen LogP contribution is 2.28. The standard InChI is InChI=1S/C22H21N3O4/c1-14-4-11-20(28-2)19(12-14)24-17-9-10-18(23-13-17)21(26)25-16-7-5-15(6-8-16)22(27)29-3/h4-13,24H,1-3H3,(H,25,26). The molecule has 1 aromatic heterocycles. The van der Waals surface area contributed by atoms with Gasteiger partial charge in [0.2, 0.25) is 0 Å². The summed E-state index contributed by atoms with van der Waals surface area (Å²) in [5, 5.41) is 5.98. The molecular formula is C22H21N3O4. The van der Waals surface area contributed by atoms with Crippen LogP contribution in [0.4, 0.5) is 17.1 Å². The summed E-state index contributed by atoms with van der Waals surface area (Å²) in [6, 6.07) is 15.6. The Morgan fingerprint density at radius 1 is 0.931 bits per heavy atom. The van der Waals surface area contributed by atoms with Gasteiger partial charge in [0.05, 0.1) is 37.4 Å². The zero-order chi connectivity index (χ0) is 20.8. The van der Waals surface area contributed by atoms with Crippen molar-refractivity contribution >= 4 is 28.9 Å². The smallest absolute Gasteiger partial charge is 0.337 e. The number of carbonyl (C=O) groups excluding carboxylic acids is 2. The fourth-order valence-corrected chi connectivity index (χ4v) is 2.68. The van der Waals surface area contributed by atoms with Crippen LogP contribution < -0.4 is 15.4 Å². The van der Waals surface area contributed by atoms with Crippen molar-refractivity contribution in [2.45, 2.75) is 6.92 Å². The lowest BCUT2D eigenvalue weighted by atomic mass is 10.2. The lowest BCUT2D eigenvalue weighted by Gasteiger charge is -2.12. The minimum Gasteiger partial charge on any atom is -0.495 e. The molecule has 0 bridgehead atoms. The van der Waals surface area contributed by atoms with E-state index < -0.39 is 5.97 Å². The number of rotatable bonds is 6. The van der Waals surface area contributed by atoms with Crippen molar-refractivity contribution in [2.75, 3.05) is 24.9 Å². The number of aryl methyl sites for hydroxylation is 1. The third-order valence-corrected chi connectivity index (χ3v) is 4.19. The summed E-state index contributed by atoms with van der Waals surface area (Å²) in [7, 11) is 2.93. The molecule has 1 amide bonds. The van der Waals surface area contributed by atoms with Crippen LogP contribution in [0.25, 0.3) is 0 Å². The number of nitrogens with one attached hydrogen (secondary N) is 2. The van der Waals surface area contributed by atoms with Gasteiger partial charge in [0, 0.05) is 5.69 Å². The normalized spacial score (nSPS) is 10.2. The molecule has 0 atom stereocenters. The van der Waals surface area contributed by atoms with Crippen LogP contribution in [0.1, 0.15) is 26.4 Å². The van der Waals surface area contributed by atoms with E-state index in [0.717, 1.165) is 16.9 Å². The molecule has 29 heavy (non-hydrogen) atoms. The van der Waals surface area contributed by atoms with Crippen LogP contribution in [-0.4, -0.2) is 31.1 Å². The fraction of sp³-hybridized carbons (Fsp3) is 0.136. The van der Waals surface area contributed by atoms with Gasteiger partial charge in [-0.1, -0.05) is 6.07 Å². The first-order chi connectivity index (χ1) is 14.0. The Bertz CT molecular complexity index is 1020. The third-order valence-electron chi connectivity index (χ3n) is 4.19. The lowest BCUT2D eigenvalue weighted by Crippen LogP contribution is -2.13. The molecule has 7 nitrogen and oxygen atoms in total. The Labute approximate surface area is 168 Å². The molecule has 0 unspecified atom stereocenters. The summed E-state index contributed by atoms with van der Waals surface area (Å²) in [4.78, 5) is 28.1. The molecule has 2 N–H and O–H groups in total. The molecule has 148 valence electrons. The van der Waals surface area contributed by atoms with Gasteiger partial charge >= 0.3 is 5.97 Å². The Kier molecular flexibility index (Phi) is 6.09. The second-order valence-electron chi connectivity index (χ2n) is 6.28. The first kappa shape index (κ1) is 19.9. The maximum atomic E-state index is 12.4. The second-order valence-corrected chi connectivity index (χ2v) is 6.28. The highest BCUT2D eigenvalue weighted by Gasteiger charge is 2.10. The zero-order valence-corrected chi connectivity index (χ0v) is 16.4. The number of pyridine rings is 1. The summed E-state index contributed by atoms with van der Waals surface area (Å²) in [5.74, 6) is -0.0683. The quantitative estimate of drug-likeness (QED) is 0.613. The maximum absolute atomic E-state index is 12.4. The van der Waals surface area contributed by atoms with Gasteiger partial charge in [0.1, 0.15) is 11.4 Å². The molecule has 0 saturated heterocycles. The number of hydrogen-bond donors (Lipinski definition) is 2. The molecule has 0 aliphatic heterocycles. The molecule has 3 aromatic rings. The Hall–Kier alpha value is -3.87. The van der Waals surface area contributed by atoms with E-state index >= 15 is 0 Å². The van der Waals surface area contributed by atoms with Crippen LogP contribution in [0.15, 0.2) is 60.8 Å². The van der Waals surface area contributed by atoms with Crippen LogP contribution in [0, 0.1) is 6.92 Å². The molecule has 0 aliphatic rings. The third kappa shape index (κ3) is 4.90. The van der Waals surface area contributed by atoms with Gasteiger partial charge in [0.25, 0.3) is 5.91 Å². The number of hydrogen-bond acceptors (Lipinski definition) is 6. The highest BCUT2D eigenvalue weighted by atomic mass is 16.5. The minimum atomic E-state index is -0.433. The van der Waals surface area contributed by atoms with Crippen molar-refractivity contribution in [1.29, 1.82) is 0 Å². The Balaban J connectivity index is 1.67. The van der Waals surface area contributed by atoms with Crippen molar-refractivity contribution in [1.82, 2.24) is 4.98 Å². The summed E-state index contributed by atoms with van der Waals surface area (Å²) in [6.45, 7) is 1.99. The largest absolute Gasteiger partial charge is 0.495 e. The molecule has 0 aliphatic carbocycles. The number of benzene rings is 2. The van der Waals surface area contributed by atoms with Gasteiger partial charge in [-0.05, 0) is 61.0 Å². The first-order valence-corrected chi connectivity index (χ1v) is 8.87. The van der Waals surface area contributed by atoms with E-state index in [-0.39, 0.29) is 11.6 Å². The van der Waals surface area contributed by atoms with Crippen molar-refractivity contribution in [3.8, 4) is 5.75 Å². The zero-order valence-electron chi connectivity index (χ0n) is 16.4. The SMILES string of the molecule is COC(=O)c1ccc(NC(=O)c2ccc(Nc3cc(C)ccc3OC)cn2)cc1. The molecule has 0 saturated carbocycles. The van der Waals surface area contributed by atoms with E-state index in [2.05, 4.69) is 20.4 Å².